The van der Waals surface area contributed by atoms with Gasteiger partial charge in [-0.2, -0.15) is 0 Å². The molecule has 1 aromatic carbocycles. The molecule has 2 rings (SSSR count). The van der Waals surface area contributed by atoms with E-state index in [4.69, 9.17) is 5.11 Å². The molecule has 0 atom stereocenters. The number of aliphatic carboxylic acids is 1. The summed E-state index contributed by atoms with van der Waals surface area (Å²) in [5.74, 6) is -0.940. The molecule has 0 spiro atoms. The van der Waals surface area contributed by atoms with Gasteiger partial charge in [-0.3, -0.25) is 4.79 Å². The number of hydrogen-bond donors (Lipinski definition) is 3. The molecule has 0 aliphatic carbocycles. The second-order valence-electron chi connectivity index (χ2n) is 4.41. The predicted molar refractivity (Wildman–Crippen MR) is 77.0 cm³/mol. The molecule has 0 saturated heterocycles. The Morgan fingerprint density at radius 3 is 2.81 bits per heavy atom. The van der Waals surface area contributed by atoms with Crippen LogP contribution in [-0.4, -0.2) is 33.2 Å². The van der Waals surface area contributed by atoms with Gasteiger partial charge in [0.1, 0.15) is 0 Å². The maximum absolute atomic E-state index is 11.8. The Bertz CT molecular complexity index is 610. The van der Waals surface area contributed by atoms with Crippen molar-refractivity contribution in [3.8, 4) is 0 Å². The topological polar surface area (TPSA) is 96.3 Å². The van der Waals surface area contributed by atoms with Gasteiger partial charge in [0.2, 0.25) is 0 Å². The summed E-state index contributed by atoms with van der Waals surface area (Å²) in [6.45, 7) is 1.06. The van der Waals surface area contributed by atoms with E-state index in [-0.39, 0.29) is 12.5 Å². The van der Waals surface area contributed by atoms with Crippen LogP contribution in [0.25, 0.3) is 0 Å². The third kappa shape index (κ3) is 4.64. The lowest BCUT2D eigenvalue weighted by molar-refractivity contribution is -0.136. The zero-order chi connectivity index (χ0) is 15.1. The lowest BCUT2D eigenvalue weighted by atomic mass is 10.1. The second-order valence-corrected chi connectivity index (χ2v) is 4.41. The van der Waals surface area contributed by atoms with Crippen LogP contribution in [0.5, 0.6) is 0 Å². The van der Waals surface area contributed by atoms with Crippen LogP contribution in [0.2, 0.25) is 0 Å². The summed E-state index contributed by atoms with van der Waals surface area (Å²) < 4.78 is 1.85. The number of imidazole rings is 1. The number of carboxylic acid groups (broad SMARTS) is 1. The number of hydrogen-bond acceptors (Lipinski definition) is 3. The molecule has 2 amide bonds. The van der Waals surface area contributed by atoms with Crippen LogP contribution in [0.15, 0.2) is 43.0 Å². The van der Waals surface area contributed by atoms with Crippen molar-refractivity contribution in [3.05, 3.63) is 48.5 Å². The lowest BCUT2D eigenvalue weighted by Gasteiger charge is -2.11. The Kier molecular flexibility index (Phi) is 4.92. The van der Waals surface area contributed by atoms with E-state index in [1.807, 2.05) is 10.8 Å². The molecule has 2 aromatic rings. The Morgan fingerprint density at radius 1 is 1.29 bits per heavy atom. The molecule has 3 N–H and O–H groups in total. The minimum atomic E-state index is -0.940. The summed E-state index contributed by atoms with van der Waals surface area (Å²) in [5, 5.41) is 14.2. The maximum Gasteiger partial charge on any atom is 0.319 e. The van der Waals surface area contributed by atoms with Gasteiger partial charge < -0.3 is 20.3 Å². The molecular weight excluding hydrogens is 272 g/mol. The van der Waals surface area contributed by atoms with Crippen LogP contribution >= 0.6 is 0 Å². The first-order valence-electron chi connectivity index (χ1n) is 6.45. The highest BCUT2D eigenvalue weighted by Crippen LogP contribution is 2.15. The number of rotatable bonds is 6. The number of carbonyl (C=O) groups excluding carboxylic acids is 1. The number of aromatic nitrogens is 2. The molecule has 1 heterocycles. The number of urea groups is 1. The molecule has 21 heavy (non-hydrogen) atoms. The zero-order valence-corrected chi connectivity index (χ0v) is 11.3. The quantitative estimate of drug-likeness (QED) is 0.747. The Morgan fingerprint density at radius 2 is 2.10 bits per heavy atom. The average Bonchev–Trinajstić information content (AvgIpc) is 2.93. The van der Waals surface area contributed by atoms with Crippen molar-refractivity contribution in [1.82, 2.24) is 14.9 Å². The molecule has 7 heteroatoms. The van der Waals surface area contributed by atoms with Gasteiger partial charge in [0.25, 0.3) is 0 Å². The molecule has 0 aliphatic heterocycles. The number of carbonyl (C=O) groups is 2. The van der Waals surface area contributed by atoms with E-state index in [2.05, 4.69) is 15.6 Å². The van der Waals surface area contributed by atoms with E-state index in [0.29, 0.717) is 24.3 Å². The van der Waals surface area contributed by atoms with Crippen LogP contribution in [0.1, 0.15) is 5.56 Å². The van der Waals surface area contributed by atoms with Crippen molar-refractivity contribution >= 4 is 17.7 Å². The van der Waals surface area contributed by atoms with Crippen LogP contribution < -0.4 is 10.6 Å². The van der Waals surface area contributed by atoms with E-state index in [9.17, 15) is 9.59 Å². The van der Waals surface area contributed by atoms with Crippen LogP contribution in [0, 0.1) is 0 Å². The summed E-state index contributed by atoms with van der Waals surface area (Å²) in [6.07, 6.45) is 5.01. The standard InChI is InChI=1S/C14H16N4O3/c19-13(20)9-11-3-1-2-4-12(11)17-14(21)16-6-8-18-7-5-15-10-18/h1-5,7,10H,6,8-9H2,(H,19,20)(H2,16,17,21). The lowest BCUT2D eigenvalue weighted by Crippen LogP contribution is -2.31. The summed E-state index contributed by atoms with van der Waals surface area (Å²) >= 11 is 0. The molecule has 0 radical (unpaired) electrons. The molecule has 0 fully saturated rings. The van der Waals surface area contributed by atoms with Gasteiger partial charge in [0.15, 0.2) is 0 Å². The van der Waals surface area contributed by atoms with Gasteiger partial charge in [0, 0.05) is 31.2 Å². The maximum atomic E-state index is 11.8. The second kappa shape index (κ2) is 7.09. The van der Waals surface area contributed by atoms with E-state index < -0.39 is 5.97 Å². The van der Waals surface area contributed by atoms with Gasteiger partial charge in [-0.15, -0.1) is 0 Å². The first-order valence-corrected chi connectivity index (χ1v) is 6.45. The first kappa shape index (κ1) is 14.6. The third-order valence-corrected chi connectivity index (χ3v) is 2.82. The van der Waals surface area contributed by atoms with E-state index >= 15 is 0 Å². The van der Waals surface area contributed by atoms with E-state index in [1.54, 1.807) is 36.8 Å². The normalized spacial score (nSPS) is 10.1. The van der Waals surface area contributed by atoms with E-state index in [1.165, 1.54) is 0 Å². The molecule has 0 bridgehead atoms. The van der Waals surface area contributed by atoms with Gasteiger partial charge in [0.05, 0.1) is 12.7 Å². The van der Waals surface area contributed by atoms with Gasteiger partial charge in [-0.05, 0) is 11.6 Å². The van der Waals surface area contributed by atoms with Crippen molar-refractivity contribution in [2.45, 2.75) is 13.0 Å². The average molecular weight is 288 g/mol. The number of anilines is 1. The highest BCUT2D eigenvalue weighted by atomic mass is 16.4. The molecule has 7 nitrogen and oxygen atoms in total. The van der Waals surface area contributed by atoms with Crippen LogP contribution in [0.3, 0.4) is 0 Å². The Labute approximate surface area is 121 Å². The van der Waals surface area contributed by atoms with Crippen molar-refractivity contribution in [1.29, 1.82) is 0 Å². The van der Waals surface area contributed by atoms with E-state index in [0.717, 1.165) is 0 Å². The number of carboxylic acids is 1. The van der Waals surface area contributed by atoms with Crippen molar-refractivity contribution in [3.63, 3.8) is 0 Å². The number of benzene rings is 1. The molecule has 0 aliphatic rings. The van der Waals surface area contributed by atoms with Gasteiger partial charge >= 0.3 is 12.0 Å². The van der Waals surface area contributed by atoms with Gasteiger partial charge in [-0.25, -0.2) is 9.78 Å². The number of nitrogens with zero attached hydrogens (tertiary/aromatic N) is 2. The van der Waals surface area contributed by atoms with Crippen molar-refractivity contribution in [2.24, 2.45) is 0 Å². The van der Waals surface area contributed by atoms with Crippen LogP contribution in [0.4, 0.5) is 10.5 Å². The Hall–Kier alpha value is -2.83. The molecule has 110 valence electrons. The molecule has 0 unspecified atom stereocenters. The fourth-order valence-electron chi connectivity index (χ4n) is 1.84. The van der Waals surface area contributed by atoms with Crippen molar-refractivity contribution in [2.75, 3.05) is 11.9 Å². The smallest absolute Gasteiger partial charge is 0.319 e. The third-order valence-electron chi connectivity index (χ3n) is 2.82. The predicted octanol–water partition coefficient (Wildman–Crippen LogP) is 1.33. The number of para-hydroxylation sites is 1. The summed E-state index contributed by atoms with van der Waals surface area (Å²) in [5.41, 5.74) is 1.06. The highest BCUT2D eigenvalue weighted by molar-refractivity contribution is 5.90. The minimum absolute atomic E-state index is 0.133. The van der Waals surface area contributed by atoms with Crippen LogP contribution in [-0.2, 0) is 17.8 Å². The summed E-state index contributed by atoms with van der Waals surface area (Å²) in [4.78, 5) is 26.5. The summed E-state index contributed by atoms with van der Waals surface area (Å²) in [7, 11) is 0. The zero-order valence-electron chi connectivity index (χ0n) is 11.3. The number of amides is 2. The largest absolute Gasteiger partial charge is 0.481 e. The van der Waals surface area contributed by atoms with Gasteiger partial charge in [-0.1, -0.05) is 18.2 Å². The molecule has 0 saturated carbocycles. The fraction of sp³-hybridized carbons (Fsp3) is 0.214. The minimum Gasteiger partial charge on any atom is -0.481 e. The SMILES string of the molecule is O=C(O)Cc1ccccc1NC(=O)NCCn1ccnc1. The molecular formula is C14H16N4O3. The summed E-state index contributed by atoms with van der Waals surface area (Å²) in [6, 6.07) is 6.46. The Balaban J connectivity index is 1.86. The van der Waals surface area contributed by atoms with Crippen molar-refractivity contribution < 1.29 is 14.7 Å². The number of nitrogens with one attached hydrogen (secondary N) is 2. The first-order chi connectivity index (χ1) is 10.1. The fourth-order valence-corrected chi connectivity index (χ4v) is 1.84. The highest BCUT2D eigenvalue weighted by Gasteiger charge is 2.08. The molecule has 1 aromatic heterocycles. The monoisotopic (exact) mass is 288 g/mol.